The van der Waals surface area contributed by atoms with Crippen LogP contribution in [0.1, 0.15) is 77.6 Å². The Morgan fingerprint density at radius 2 is 1.39 bits per heavy atom. The molecule has 0 aromatic carbocycles. The molecule has 3 unspecified atom stereocenters. The summed E-state index contributed by atoms with van der Waals surface area (Å²) in [5.74, 6) is -1.82. The van der Waals surface area contributed by atoms with Crippen molar-refractivity contribution in [3.05, 3.63) is 0 Å². The van der Waals surface area contributed by atoms with Gasteiger partial charge in [0.1, 0.15) is 6.54 Å². The highest BCUT2D eigenvalue weighted by atomic mass is 16.5. The summed E-state index contributed by atoms with van der Waals surface area (Å²) in [5, 5.41) is 30.3. The number of carboxylic acids is 1. The maximum absolute atomic E-state index is 12.0. The number of quaternary nitrogens is 1. The minimum Gasteiger partial charge on any atom is -0.550 e. The number of rotatable bonds is 17. The maximum Gasteiger partial charge on any atom is 0.308 e. The Morgan fingerprint density at radius 1 is 0.893 bits per heavy atom. The Morgan fingerprint density at radius 3 is 1.86 bits per heavy atom. The van der Waals surface area contributed by atoms with E-state index >= 15 is 0 Å². The van der Waals surface area contributed by atoms with Crippen molar-refractivity contribution >= 4 is 11.9 Å². The lowest BCUT2D eigenvalue weighted by atomic mass is 10.0. The van der Waals surface area contributed by atoms with Crippen LogP contribution in [0.2, 0.25) is 0 Å². The fraction of sp³-hybridized carbons (Fsp3) is 0.905. The molecule has 0 spiro atoms. The molecule has 3 atom stereocenters. The Kier molecular flexibility index (Phi) is 14.1. The second kappa shape index (κ2) is 14.8. The number of esters is 1. The van der Waals surface area contributed by atoms with Crippen LogP contribution in [0.4, 0.5) is 0 Å². The van der Waals surface area contributed by atoms with Crippen LogP contribution < -0.4 is 5.11 Å². The van der Waals surface area contributed by atoms with Crippen LogP contribution in [0.3, 0.4) is 0 Å². The van der Waals surface area contributed by atoms with Gasteiger partial charge in [-0.1, -0.05) is 45.4 Å². The molecule has 0 rings (SSSR count). The topological polar surface area (TPSA) is 107 Å². The lowest BCUT2D eigenvalue weighted by Gasteiger charge is -2.29. The Balaban J connectivity index is 3.93. The van der Waals surface area contributed by atoms with Gasteiger partial charge in [-0.2, -0.15) is 0 Å². The Hall–Kier alpha value is -1.18. The van der Waals surface area contributed by atoms with Crippen molar-refractivity contribution in [1.29, 1.82) is 0 Å². The van der Waals surface area contributed by atoms with Crippen LogP contribution in [0.15, 0.2) is 0 Å². The van der Waals surface area contributed by atoms with E-state index < -0.39 is 24.1 Å². The molecule has 0 radical (unpaired) electrons. The van der Waals surface area contributed by atoms with E-state index in [1.807, 2.05) is 28.1 Å². The zero-order valence-corrected chi connectivity index (χ0v) is 18.2. The van der Waals surface area contributed by atoms with Gasteiger partial charge < -0.3 is 29.3 Å². The molecule has 0 aliphatic heterocycles. The summed E-state index contributed by atoms with van der Waals surface area (Å²) in [5.41, 5.74) is 0. The number of aliphatic hydroxyl groups is 2. The highest BCUT2D eigenvalue weighted by Crippen LogP contribution is 2.14. The van der Waals surface area contributed by atoms with Crippen molar-refractivity contribution in [2.24, 2.45) is 0 Å². The fourth-order valence-corrected chi connectivity index (χ4v) is 3.14. The van der Waals surface area contributed by atoms with E-state index in [9.17, 15) is 24.9 Å². The van der Waals surface area contributed by atoms with Crippen molar-refractivity contribution in [3.8, 4) is 0 Å². The van der Waals surface area contributed by atoms with Crippen molar-refractivity contribution in [1.82, 2.24) is 0 Å². The molecule has 7 nitrogen and oxygen atoms in total. The predicted octanol–water partition coefficient (Wildman–Crippen LogP) is 1.39. The molecule has 7 heteroatoms. The third kappa shape index (κ3) is 17.0. The summed E-state index contributed by atoms with van der Waals surface area (Å²) in [6, 6.07) is 0. The second-order valence-electron chi connectivity index (χ2n) is 8.78. The smallest absolute Gasteiger partial charge is 0.308 e. The average molecular weight is 404 g/mol. The minimum atomic E-state index is -1.25. The quantitative estimate of drug-likeness (QED) is 0.216. The van der Waals surface area contributed by atoms with E-state index in [0.29, 0.717) is 17.4 Å². The van der Waals surface area contributed by atoms with Crippen molar-refractivity contribution in [2.45, 2.75) is 95.9 Å². The molecular formula is C21H41NO6. The van der Waals surface area contributed by atoms with E-state index in [2.05, 4.69) is 0 Å². The first kappa shape index (κ1) is 26.8. The number of carbonyl (C=O) groups is 2. The van der Waals surface area contributed by atoms with Gasteiger partial charge in [0.2, 0.25) is 0 Å². The van der Waals surface area contributed by atoms with Gasteiger partial charge in [0.25, 0.3) is 0 Å². The molecular weight excluding hydrogens is 362 g/mol. The number of unbranched alkanes of at least 4 members (excludes halogenated alkanes) is 5. The third-order valence-corrected chi connectivity index (χ3v) is 4.64. The first-order valence-corrected chi connectivity index (χ1v) is 10.6. The highest BCUT2D eigenvalue weighted by Gasteiger charge is 2.23. The van der Waals surface area contributed by atoms with Crippen molar-refractivity contribution < 1.29 is 34.1 Å². The van der Waals surface area contributed by atoms with Crippen LogP contribution in [-0.4, -0.2) is 72.6 Å². The highest BCUT2D eigenvalue weighted by molar-refractivity contribution is 5.71. The number of ether oxygens (including phenoxy) is 1. The van der Waals surface area contributed by atoms with Gasteiger partial charge in [-0.3, -0.25) is 4.79 Å². The molecule has 0 aromatic rings. The molecule has 0 aromatic heterocycles. The van der Waals surface area contributed by atoms with Crippen molar-refractivity contribution in [2.75, 3.05) is 27.7 Å². The second-order valence-corrected chi connectivity index (χ2v) is 8.78. The number of hydrogen-bond donors (Lipinski definition) is 2. The monoisotopic (exact) mass is 403 g/mol. The first-order chi connectivity index (χ1) is 13.0. The maximum atomic E-state index is 12.0. The normalized spacial score (nSPS) is 15.1. The molecule has 0 amide bonds. The van der Waals surface area contributed by atoms with Crippen LogP contribution in [0.5, 0.6) is 0 Å². The van der Waals surface area contributed by atoms with E-state index in [4.69, 9.17) is 4.74 Å². The van der Waals surface area contributed by atoms with Crippen LogP contribution in [-0.2, 0) is 14.3 Å². The minimum absolute atomic E-state index is 0.115. The lowest BCUT2D eigenvalue weighted by molar-refractivity contribution is -0.873. The van der Waals surface area contributed by atoms with Crippen LogP contribution in [0.25, 0.3) is 0 Å². The summed E-state index contributed by atoms with van der Waals surface area (Å²) in [7, 11) is 5.66. The fourth-order valence-electron chi connectivity index (χ4n) is 3.14. The average Bonchev–Trinajstić information content (AvgIpc) is 2.54. The summed E-state index contributed by atoms with van der Waals surface area (Å²) >= 11 is 0. The van der Waals surface area contributed by atoms with E-state index in [0.717, 1.165) is 51.4 Å². The van der Waals surface area contributed by atoms with E-state index in [1.54, 1.807) is 0 Å². The standard InChI is InChI=1S/C21H41NO6/c1-5-17(23)12-10-8-6-7-9-11-13-18(24)14-21(27)28-19(15-20(25)26)16-22(2,3)4/h17-19,23-24H,5-16H2,1-4H3. The number of carbonyl (C=O) groups excluding carboxylic acids is 2. The number of nitrogens with zero attached hydrogens (tertiary/aromatic N) is 1. The zero-order valence-electron chi connectivity index (χ0n) is 18.2. The number of aliphatic hydroxyl groups excluding tert-OH is 2. The van der Waals surface area contributed by atoms with Gasteiger partial charge in [-0.15, -0.1) is 0 Å². The first-order valence-electron chi connectivity index (χ1n) is 10.6. The van der Waals surface area contributed by atoms with Gasteiger partial charge in [0, 0.05) is 12.4 Å². The SMILES string of the molecule is CCC(O)CCCCCCCCC(O)CC(=O)OC(CC(=O)[O-])C[N+](C)(C)C. The number of carboxylic acid groups (broad SMARTS) is 1. The summed E-state index contributed by atoms with van der Waals surface area (Å²) in [4.78, 5) is 22.8. The largest absolute Gasteiger partial charge is 0.550 e. The Labute approximate surface area is 170 Å². The van der Waals surface area contributed by atoms with E-state index in [1.165, 1.54) is 0 Å². The molecule has 166 valence electrons. The molecule has 0 saturated carbocycles. The number of likely N-dealkylation sites (N-methyl/N-ethyl adjacent to an activating group) is 1. The van der Waals surface area contributed by atoms with Gasteiger partial charge >= 0.3 is 5.97 Å². The number of hydrogen-bond acceptors (Lipinski definition) is 6. The molecule has 2 N–H and O–H groups in total. The third-order valence-electron chi connectivity index (χ3n) is 4.64. The van der Waals surface area contributed by atoms with Gasteiger partial charge in [0.15, 0.2) is 6.10 Å². The molecule has 28 heavy (non-hydrogen) atoms. The summed E-state index contributed by atoms with van der Waals surface area (Å²) in [6.07, 6.45) is 6.24. The molecule has 0 aliphatic rings. The van der Waals surface area contributed by atoms with Gasteiger partial charge in [0.05, 0.1) is 39.8 Å². The molecule has 0 aliphatic carbocycles. The lowest BCUT2D eigenvalue weighted by Crippen LogP contribution is -2.45. The summed E-state index contributed by atoms with van der Waals surface area (Å²) in [6.45, 7) is 2.35. The van der Waals surface area contributed by atoms with Crippen LogP contribution >= 0.6 is 0 Å². The number of aliphatic carboxylic acids is 1. The molecule has 0 bridgehead atoms. The van der Waals surface area contributed by atoms with Gasteiger partial charge in [-0.25, -0.2) is 0 Å². The molecule has 0 saturated heterocycles. The van der Waals surface area contributed by atoms with Crippen LogP contribution in [0, 0.1) is 0 Å². The molecule has 0 heterocycles. The van der Waals surface area contributed by atoms with Crippen molar-refractivity contribution in [3.63, 3.8) is 0 Å². The molecule has 0 fully saturated rings. The van der Waals surface area contributed by atoms with Gasteiger partial charge in [-0.05, 0) is 19.3 Å². The summed E-state index contributed by atoms with van der Waals surface area (Å²) < 4.78 is 5.72. The Bertz CT molecular complexity index is 435. The van der Waals surface area contributed by atoms with E-state index in [-0.39, 0.29) is 18.9 Å². The zero-order chi connectivity index (χ0) is 21.6. The predicted molar refractivity (Wildman–Crippen MR) is 106 cm³/mol.